The molecule has 0 fully saturated rings. The summed E-state index contributed by atoms with van der Waals surface area (Å²) in [6.45, 7) is 4.04. The number of benzene rings is 1. The van der Waals surface area contributed by atoms with Crippen molar-refractivity contribution < 1.29 is 4.79 Å². The monoisotopic (exact) mass is 232 g/mol. The second kappa shape index (κ2) is 4.14. The summed E-state index contributed by atoms with van der Waals surface area (Å²) in [7, 11) is 0. The number of amidine groups is 1. The molecule has 1 aliphatic heterocycles. The minimum Gasteiger partial charge on any atom is -0.378 e. The third kappa shape index (κ3) is 2.17. The van der Waals surface area contributed by atoms with Gasteiger partial charge < -0.3 is 5.73 Å². The predicted molar refractivity (Wildman–Crippen MR) is 68.1 cm³/mol. The first-order valence-electron chi connectivity index (χ1n) is 4.91. The third-order valence-electron chi connectivity index (χ3n) is 2.36. The molecular weight excluding hydrogens is 220 g/mol. The van der Waals surface area contributed by atoms with Gasteiger partial charge in [0.15, 0.2) is 5.17 Å². The summed E-state index contributed by atoms with van der Waals surface area (Å²) < 4.78 is 0. The maximum absolute atomic E-state index is 11.4. The van der Waals surface area contributed by atoms with E-state index in [0.717, 1.165) is 11.1 Å². The van der Waals surface area contributed by atoms with Crippen molar-refractivity contribution in [1.82, 2.24) is 0 Å². The molecule has 0 spiro atoms. The molecule has 82 valence electrons. The van der Waals surface area contributed by atoms with Crippen molar-refractivity contribution in [2.24, 2.45) is 10.7 Å². The Bertz CT molecular complexity index is 518. The van der Waals surface area contributed by atoms with E-state index in [9.17, 15) is 4.79 Å². The molecule has 0 bridgehead atoms. The van der Waals surface area contributed by atoms with Crippen LogP contribution in [-0.4, -0.2) is 11.1 Å². The van der Waals surface area contributed by atoms with Gasteiger partial charge in [0.1, 0.15) is 0 Å². The van der Waals surface area contributed by atoms with Crippen LogP contribution in [0.4, 0.5) is 0 Å². The van der Waals surface area contributed by atoms with E-state index in [4.69, 9.17) is 5.73 Å². The van der Waals surface area contributed by atoms with Gasteiger partial charge in [-0.25, -0.2) is 0 Å². The maximum Gasteiger partial charge on any atom is 0.286 e. The van der Waals surface area contributed by atoms with Crippen molar-refractivity contribution in [3.05, 3.63) is 39.8 Å². The number of hydrogen-bond donors (Lipinski definition) is 1. The van der Waals surface area contributed by atoms with E-state index in [1.165, 1.54) is 17.3 Å². The molecule has 0 atom stereocenters. The average Bonchev–Trinajstić information content (AvgIpc) is 2.51. The van der Waals surface area contributed by atoms with Gasteiger partial charge in [-0.2, -0.15) is 4.99 Å². The van der Waals surface area contributed by atoms with E-state index in [0.29, 0.717) is 10.1 Å². The number of aliphatic imine (C=N–C) groups is 1. The summed E-state index contributed by atoms with van der Waals surface area (Å²) in [4.78, 5) is 15.7. The molecule has 16 heavy (non-hydrogen) atoms. The van der Waals surface area contributed by atoms with Crippen molar-refractivity contribution in [3.8, 4) is 0 Å². The Morgan fingerprint density at radius 3 is 2.75 bits per heavy atom. The fourth-order valence-corrected chi connectivity index (χ4v) is 2.15. The first kappa shape index (κ1) is 11.0. The molecule has 2 N–H and O–H groups in total. The van der Waals surface area contributed by atoms with Crippen LogP contribution in [0.3, 0.4) is 0 Å². The second-order valence-electron chi connectivity index (χ2n) is 3.73. The van der Waals surface area contributed by atoms with Crippen LogP contribution in [0.2, 0.25) is 0 Å². The molecule has 0 aromatic heterocycles. The van der Waals surface area contributed by atoms with Crippen LogP contribution in [0.15, 0.2) is 28.1 Å². The summed E-state index contributed by atoms with van der Waals surface area (Å²) >= 11 is 1.22. The van der Waals surface area contributed by atoms with Crippen molar-refractivity contribution in [2.75, 3.05) is 0 Å². The number of nitrogens with zero attached hydrogens (tertiary/aromatic N) is 1. The summed E-state index contributed by atoms with van der Waals surface area (Å²) in [6, 6.07) is 6.13. The Morgan fingerprint density at radius 2 is 2.12 bits per heavy atom. The van der Waals surface area contributed by atoms with Gasteiger partial charge >= 0.3 is 0 Å². The Kier molecular flexibility index (Phi) is 2.83. The molecule has 2 rings (SSSR count). The summed E-state index contributed by atoms with van der Waals surface area (Å²) in [5.41, 5.74) is 8.84. The molecule has 1 amide bonds. The molecule has 0 unspecified atom stereocenters. The highest BCUT2D eigenvalue weighted by Crippen LogP contribution is 2.27. The number of thioether (sulfide) groups is 1. The summed E-state index contributed by atoms with van der Waals surface area (Å²) in [5.74, 6) is -0.247. The van der Waals surface area contributed by atoms with Crippen LogP contribution in [0.25, 0.3) is 6.08 Å². The lowest BCUT2D eigenvalue weighted by Gasteiger charge is -2.02. The van der Waals surface area contributed by atoms with Gasteiger partial charge in [-0.1, -0.05) is 23.8 Å². The smallest absolute Gasteiger partial charge is 0.286 e. The lowest BCUT2D eigenvalue weighted by Crippen LogP contribution is -2.01. The van der Waals surface area contributed by atoms with E-state index >= 15 is 0 Å². The lowest BCUT2D eigenvalue weighted by molar-refractivity contribution is -0.113. The quantitative estimate of drug-likeness (QED) is 0.755. The zero-order chi connectivity index (χ0) is 11.7. The minimum atomic E-state index is -0.247. The van der Waals surface area contributed by atoms with E-state index in [2.05, 4.69) is 4.99 Å². The standard InChI is InChI=1S/C12H12N2OS/c1-7-3-4-8(2)9(5-7)6-10-11(15)14-12(13)16-10/h3-6H,1-2H3,(H2,13,14,15)/b10-6+. The zero-order valence-corrected chi connectivity index (χ0v) is 9.97. The molecule has 0 aliphatic carbocycles. The average molecular weight is 232 g/mol. The molecule has 3 nitrogen and oxygen atoms in total. The Morgan fingerprint density at radius 1 is 1.38 bits per heavy atom. The van der Waals surface area contributed by atoms with Crippen LogP contribution in [0.1, 0.15) is 16.7 Å². The maximum atomic E-state index is 11.4. The van der Waals surface area contributed by atoms with E-state index in [1.54, 1.807) is 0 Å². The Hall–Kier alpha value is -1.55. The van der Waals surface area contributed by atoms with Crippen LogP contribution < -0.4 is 5.73 Å². The lowest BCUT2D eigenvalue weighted by atomic mass is 10.1. The number of hydrogen-bond acceptors (Lipinski definition) is 3. The SMILES string of the molecule is Cc1ccc(C)c(/C=C2/SC(N)=NC2=O)c1. The third-order valence-corrected chi connectivity index (χ3v) is 3.17. The molecule has 0 radical (unpaired) electrons. The number of amides is 1. The van der Waals surface area contributed by atoms with Crippen molar-refractivity contribution in [1.29, 1.82) is 0 Å². The fourth-order valence-electron chi connectivity index (χ4n) is 1.48. The highest BCUT2D eigenvalue weighted by atomic mass is 32.2. The number of carbonyl (C=O) groups excluding carboxylic acids is 1. The molecule has 1 aromatic rings. The van der Waals surface area contributed by atoms with Crippen LogP contribution >= 0.6 is 11.8 Å². The van der Waals surface area contributed by atoms with Gasteiger partial charge in [-0.3, -0.25) is 4.79 Å². The van der Waals surface area contributed by atoms with Gasteiger partial charge in [0.2, 0.25) is 0 Å². The number of aryl methyl sites for hydroxylation is 2. The van der Waals surface area contributed by atoms with Crippen LogP contribution in [-0.2, 0) is 4.79 Å². The van der Waals surface area contributed by atoms with Crippen LogP contribution in [0, 0.1) is 13.8 Å². The summed E-state index contributed by atoms with van der Waals surface area (Å²) in [6.07, 6.45) is 1.85. The first-order chi connectivity index (χ1) is 7.56. The molecule has 0 saturated heterocycles. The Labute approximate surface area is 98.4 Å². The van der Waals surface area contributed by atoms with E-state index < -0.39 is 0 Å². The van der Waals surface area contributed by atoms with Gasteiger partial charge in [0.05, 0.1) is 4.91 Å². The second-order valence-corrected chi connectivity index (χ2v) is 4.79. The molecule has 1 aliphatic rings. The molecule has 1 heterocycles. The van der Waals surface area contributed by atoms with Crippen molar-refractivity contribution >= 4 is 28.9 Å². The number of carbonyl (C=O) groups is 1. The minimum absolute atomic E-state index is 0.247. The molecular formula is C12H12N2OS. The molecule has 1 aromatic carbocycles. The van der Waals surface area contributed by atoms with E-state index in [1.807, 2.05) is 38.1 Å². The van der Waals surface area contributed by atoms with Crippen molar-refractivity contribution in [3.63, 3.8) is 0 Å². The Balaban J connectivity index is 2.37. The highest BCUT2D eigenvalue weighted by molar-refractivity contribution is 8.18. The summed E-state index contributed by atoms with van der Waals surface area (Å²) in [5, 5.41) is 0.321. The first-order valence-corrected chi connectivity index (χ1v) is 5.73. The van der Waals surface area contributed by atoms with Crippen molar-refractivity contribution in [2.45, 2.75) is 13.8 Å². The topological polar surface area (TPSA) is 55.4 Å². The van der Waals surface area contributed by atoms with Gasteiger partial charge in [0, 0.05) is 0 Å². The largest absolute Gasteiger partial charge is 0.378 e. The predicted octanol–water partition coefficient (Wildman–Crippen LogP) is 2.23. The zero-order valence-electron chi connectivity index (χ0n) is 9.15. The van der Waals surface area contributed by atoms with Gasteiger partial charge in [-0.15, -0.1) is 0 Å². The molecule has 0 saturated carbocycles. The van der Waals surface area contributed by atoms with Gasteiger partial charge in [0.25, 0.3) is 5.91 Å². The fraction of sp³-hybridized carbons (Fsp3) is 0.167. The normalized spacial score (nSPS) is 18.0. The highest BCUT2D eigenvalue weighted by Gasteiger charge is 2.19. The van der Waals surface area contributed by atoms with Crippen LogP contribution in [0.5, 0.6) is 0 Å². The van der Waals surface area contributed by atoms with Gasteiger partial charge in [-0.05, 0) is 42.8 Å². The number of rotatable bonds is 1. The van der Waals surface area contributed by atoms with E-state index in [-0.39, 0.29) is 5.91 Å². The molecule has 4 heteroatoms. The number of nitrogens with two attached hydrogens (primary N) is 1.